The molecule has 2 aliphatic rings. The molecule has 3 N–H and O–H groups in total. The minimum atomic E-state index is -3.76. The van der Waals surface area contributed by atoms with Crippen molar-refractivity contribution in [1.29, 1.82) is 0 Å². The molecule has 2 aliphatic heterocycles. The number of aromatic nitrogens is 1. The predicted octanol–water partition coefficient (Wildman–Crippen LogP) is 6.63. The molecule has 0 aliphatic carbocycles. The van der Waals surface area contributed by atoms with E-state index in [1.165, 1.54) is 29.1 Å². The van der Waals surface area contributed by atoms with Crippen molar-refractivity contribution in [2.45, 2.75) is 116 Å². The molecule has 0 bridgehead atoms. The van der Waals surface area contributed by atoms with Crippen molar-refractivity contribution in [3.8, 4) is 11.5 Å². The first-order valence-electron chi connectivity index (χ1n) is 19.8. The Hall–Kier alpha value is -2.73. The number of hydrogen-bond acceptors (Lipinski definition) is 8. The second kappa shape index (κ2) is 23.0. The highest BCUT2D eigenvalue weighted by Crippen LogP contribution is 2.31. The van der Waals surface area contributed by atoms with E-state index in [4.69, 9.17) is 9.47 Å². The number of piperidine rings is 2. The molecular weight excluding hydrogens is 665 g/mol. The van der Waals surface area contributed by atoms with Crippen molar-refractivity contribution in [2.24, 2.45) is 11.8 Å². The fourth-order valence-electron chi connectivity index (χ4n) is 7.30. The number of nitrogens with zero attached hydrogens (tertiary/aromatic N) is 2. The SMILES string of the molecule is CCCCS(=O)(=O)N(CCCCC1CCNCC1)[C@@H](Cc1ccc(OCCCCC2CCNCC2)c(OCCCCc2ccncc2)c1)C(=O)O. The van der Waals surface area contributed by atoms with Gasteiger partial charge in [0.25, 0.3) is 0 Å². The molecule has 51 heavy (non-hydrogen) atoms. The van der Waals surface area contributed by atoms with E-state index in [2.05, 4.69) is 15.6 Å². The van der Waals surface area contributed by atoms with Crippen LogP contribution in [-0.4, -0.2) is 86.5 Å². The van der Waals surface area contributed by atoms with E-state index in [9.17, 15) is 18.3 Å². The first kappa shape index (κ1) is 41.0. The zero-order valence-electron chi connectivity index (χ0n) is 31.0. The zero-order chi connectivity index (χ0) is 36.2. The Kier molecular flexibility index (Phi) is 18.5. The highest BCUT2D eigenvalue weighted by Gasteiger charge is 2.34. The third-order valence-corrected chi connectivity index (χ3v) is 12.4. The van der Waals surface area contributed by atoms with E-state index in [0.717, 1.165) is 102 Å². The van der Waals surface area contributed by atoms with Gasteiger partial charge in [-0.2, -0.15) is 4.31 Å². The molecule has 286 valence electrons. The number of sulfonamides is 1. The lowest BCUT2D eigenvalue weighted by molar-refractivity contribution is -0.141. The molecular formula is C40H64N4O6S. The maximum atomic E-state index is 13.6. The fourth-order valence-corrected chi connectivity index (χ4v) is 9.15. The van der Waals surface area contributed by atoms with Crippen molar-refractivity contribution in [3.05, 3.63) is 53.9 Å². The summed E-state index contributed by atoms with van der Waals surface area (Å²) in [5.74, 6) is 1.50. The summed E-state index contributed by atoms with van der Waals surface area (Å²) < 4.78 is 41.1. The summed E-state index contributed by atoms with van der Waals surface area (Å²) in [5.41, 5.74) is 1.96. The van der Waals surface area contributed by atoms with Gasteiger partial charge in [0.2, 0.25) is 10.0 Å². The van der Waals surface area contributed by atoms with Gasteiger partial charge >= 0.3 is 5.97 Å². The molecule has 2 saturated heterocycles. The van der Waals surface area contributed by atoms with Gasteiger partial charge in [-0.15, -0.1) is 0 Å². The second-order valence-electron chi connectivity index (χ2n) is 14.5. The lowest BCUT2D eigenvalue weighted by Gasteiger charge is -2.29. The molecule has 0 unspecified atom stereocenters. The van der Waals surface area contributed by atoms with E-state index in [0.29, 0.717) is 43.5 Å². The normalized spacial score (nSPS) is 16.7. The number of nitrogens with one attached hydrogen (secondary N) is 2. The third-order valence-electron chi connectivity index (χ3n) is 10.5. The number of carboxylic acids is 1. The summed E-state index contributed by atoms with van der Waals surface area (Å²) in [5, 5.41) is 17.3. The first-order valence-corrected chi connectivity index (χ1v) is 21.4. The van der Waals surface area contributed by atoms with Gasteiger partial charge in [0, 0.05) is 18.9 Å². The minimum absolute atomic E-state index is 0.0418. The summed E-state index contributed by atoms with van der Waals surface area (Å²) in [7, 11) is -3.76. The number of pyridine rings is 1. The molecule has 11 heteroatoms. The van der Waals surface area contributed by atoms with Crippen molar-refractivity contribution in [1.82, 2.24) is 19.9 Å². The Morgan fingerprint density at radius 2 is 1.43 bits per heavy atom. The number of hydrogen-bond donors (Lipinski definition) is 3. The third kappa shape index (κ3) is 15.0. The van der Waals surface area contributed by atoms with E-state index >= 15 is 0 Å². The lowest BCUT2D eigenvalue weighted by Crippen LogP contribution is -2.47. The zero-order valence-corrected chi connectivity index (χ0v) is 31.9. The predicted molar refractivity (Wildman–Crippen MR) is 204 cm³/mol. The van der Waals surface area contributed by atoms with Crippen LogP contribution in [0.4, 0.5) is 0 Å². The molecule has 1 aromatic heterocycles. The van der Waals surface area contributed by atoms with Gasteiger partial charge in [-0.05, 0) is 150 Å². The van der Waals surface area contributed by atoms with E-state index in [-0.39, 0.29) is 18.7 Å². The second-order valence-corrected chi connectivity index (χ2v) is 16.5. The molecule has 0 radical (unpaired) electrons. The summed E-state index contributed by atoms with van der Waals surface area (Å²) in [4.78, 5) is 16.9. The Labute approximate surface area is 307 Å². The summed E-state index contributed by atoms with van der Waals surface area (Å²) in [6.45, 7) is 7.53. The topological polar surface area (TPSA) is 130 Å². The maximum absolute atomic E-state index is 13.6. The lowest BCUT2D eigenvalue weighted by atomic mass is 9.92. The number of carboxylic acid groups (broad SMARTS) is 1. The Morgan fingerprint density at radius 3 is 2.06 bits per heavy atom. The van der Waals surface area contributed by atoms with Gasteiger partial charge in [-0.3, -0.25) is 9.78 Å². The number of aliphatic carboxylic acids is 1. The van der Waals surface area contributed by atoms with Crippen LogP contribution in [0, 0.1) is 11.8 Å². The number of ether oxygens (including phenoxy) is 2. The van der Waals surface area contributed by atoms with Crippen LogP contribution in [0.5, 0.6) is 11.5 Å². The summed E-state index contributed by atoms with van der Waals surface area (Å²) >= 11 is 0. The number of unbranched alkanes of at least 4 members (excludes halogenated alkanes) is 4. The molecule has 3 heterocycles. The van der Waals surface area contributed by atoms with Crippen LogP contribution in [0.3, 0.4) is 0 Å². The average Bonchev–Trinajstić information content (AvgIpc) is 3.14. The molecule has 0 saturated carbocycles. The highest BCUT2D eigenvalue weighted by atomic mass is 32.2. The van der Waals surface area contributed by atoms with Gasteiger partial charge in [-0.1, -0.05) is 38.7 Å². The maximum Gasteiger partial charge on any atom is 0.322 e. The molecule has 2 aromatic rings. The van der Waals surface area contributed by atoms with Gasteiger partial charge in [0.1, 0.15) is 6.04 Å². The van der Waals surface area contributed by atoms with Crippen LogP contribution in [0.15, 0.2) is 42.7 Å². The molecule has 0 spiro atoms. The van der Waals surface area contributed by atoms with Crippen LogP contribution in [0.1, 0.15) is 108 Å². The van der Waals surface area contributed by atoms with E-state index in [1.807, 2.05) is 49.6 Å². The Balaban J connectivity index is 1.41. The quantitative estimate of drug-likeness (QED) is 0.0965. The molecule has 1 aromatic carbocycles. The summed E-state index contributed by atoms with van der Waals surface area (Å²) in [6.07, 6.45) is 18.3. The molecule has 10 nitrogen and oxygen atoms in total. The van der Waals surface area contributed by atoms with Crippen LogP contribution in [0.2, 0.25) is 0 Å². The van der Waals surface area contributed by atoms with Crippen molar-refractivity contribution >= 4 is 16.0 Å². The van der Waals surface area contributed by atoms with E-state index in [1.54, 1.807) is 0 Å². The largest absolute Gasteiger partial charge is 0.490 e. The molecule has 1 atom stereocenters. The van der Waals surface area contributed by atoms with Crippen LogP contribution < -0.4 is 20.1 Å². The summed E-state index contributed by atoms with van der Waals surface area (Å²) in [6, 6.07) is 8.45. The monoisotopic (exact) mass is 728 g/mol. The van der Waals surface area contributed by atoms with E-state index < -0.39 is 22.0 Å². The average molecular weight is 729 g/mol. The van der Waals surface area contributed by atoms with Crippen LogP contribution in [0.25, 0.3) is 0 Å². The van der Waals surface area contributed by atoms with Gasteiger partial charge in [-0.25, -0.2) is 8.42 Å². The first-order chi connectivity index (χ1) is 24.9. The van der Waals surface area contributed by atoms with Crippen molar-refractivity contribution in [3.63, 3.8) is 0 Å². The Morgan fingerprint density at radius 1 is 0.824 bits per heavy atom. The fraction of sp³-hybridized carbons (Fsp3) is 0.700. The van der Waals surface area contributed by atoms with Gasteiger partial charge in [0.15, 0.2) is 11.5 Å². The van der Waals surface area contributed by atoms with Crippen LogP contribution >= 0.6 is 0 Å². The number of aryl methyl sites for hydroxylation is 1. The number of carbonyl (C=O) groups is 1. The number of rotatable bonds is 25. The smallest absolute Gasteiger partial charge is 0.322 e. The van der Waals surface area contributed by atoms with Crippen molar-refractivity contribution < 1.29 is 27.8 Å². The molecule has 0 amide bonds. The highest BCUT2D eigenvalue weighted by molar-refractivity contribution is 7.89. The van der Waals surface area contributed by atoms with Gasteiger partial charge in [0.05, 0.1) is 19.0 Å². The minimum Gasteiger partial charge on any atom is -0.490 e. The Bertz CT molecular complexity index is 1370. The number of benzene rings is 1. The van der Waals surface area contributed by atoms with Crippen LogP contribution in [-0.2, 0) is 27.7 Å². The standard InChI is InChI=1S/C40H64N4O6S/c1-2-3-30-51(47,48)44(27-7-4-10-33-15-21-41-22-16-33)37(40(45)46)31-36-13-14-38(49-28-8-5-11-34-17-23-42-24-18-34)39(32-36)50-29-9-6-12-35-19-25-43-26-20-35/h13-14,19-20,25-26,32-34,37,41-42H,2-12,15-18,21-24,27-31H2,1H3,(H,45,46)/t37-/m0/s1. The molecule has 4 rings (SSSR count). The molecule has 2 fully saturated rings. The van der Waals surface area contributed by atoms with Crippen molar-refractivity contribution in [2.75, 3.05) is 51.7 Å². The van der Waals surface area contributed by atoms with Gasteiger partial charge < -0.3 is 25.2 Å².